The predicted molar refractivity (Wildman–Crippen MR) is 164 cm³/mol. The molecule has 3 atom stereocenters. The number of nitriles is 1. The van der Waals surface area contributed by atoms with Gasteiger partial charge in [-0.2, -0.15) is 15.2 Å². The van der Waals surface area contributed by atoms with Crippen LogP contribution in [0.3, 0.4) is 0 Å². The fourth-order valence-electron chi connectivity index (χ4n) is 6.27. The van der Waals surface area contributed by atoms with Crippen LogP contribution in [0.5, 0.6) is 6.01 Å². The van der Waals surface area contributed by atoms with Crippen LogP contribution in [-0.4, -0.2) is 89.1 Å². The van der Waals surface area contributed by atoms with Crippen molar-refractivity contribution >= 4 is 29.8 Å². The summed E-state index contributed by atoms with van der Waals surface area (Å²) >= 11 is 1.92. The van der Waals surface area contributed by atoms with Gasteiger partial charge in [-0.3, -0.25) is 9.59 Å². The molecule has 2 aromatic rings. The number of likely N-dealkylation sites (tertiary alicyclic amines) is 1. The Hall–Kier alpha value is -3.42. The van der Waals surface area contributed by atoms with Gasteiger partial charge in [-0.15, -0.1) is 11.8 Å². The van der Waals surface area contributed by atoms with Crippen molar-refractivity contribution in [3.05, 3.63) is 53.2 Å². The van der Waals surface area contributed by atoms with E-state index in [-0.39, 0.29) is 24.4 Å². The Labute approximate surface area is 252 Å². The Balaban J connectivity index is 1.41. The normalized spacial score (nSPS) is 22.4. The summed E-state index contributed by atoms with van der Waals surface area (Å²) in [4.78, 5) is 41.9. The number of carbonyl (C=O) groups excluding carboxylic acids is 2. The highest BCUT2D eigenvalue weighted by Gasteiger charge is 2.32. The summed E-state index contributed by atoms with van der Waals surface area (Å²) in [7, 11) is 2.09. The van der Waals surface area contributed by atoms with E-state index in [0.717, 1.165) is 50.5 Å². The van der Waals surface area contributed by atoms with Crippen LogP contribution in [0, 0.1) is 18.3 Å². The number of likely N-dealkylation sites (N-methyl/N-ethyl adjacent to an activating group) is 1. The number of carbonyl (C=O) groups is 2. The van der Waals surface area contributed by atoms with Crippen molar-refractivity contribution in [3.8, 4) is 12.1 Å². The summed E-state index contributed by atoms with van der Waals surface area (Å²) < 4.78 is 6.10. The van der Waals surface area contributed by atoms with E-state index in [9.17, 15) is 14.9 Å². The average Bonchev–Trinajstić information content (AvgIpc) is 3.42. The van der Waals surface area contributed by atoms with Gasteiger partial charge in [-0.1, -0.05) is 24.3 Å². The lowest BCUT2D eigenvalue weighted by molar-refractivity contribution is -0.128. The van der Waals surface area contributed by atoms with Crippen LogP contribution in [0.15, 0.2) is 35.7 Å². The first-order chi connectivity index (χ1) is 20.4. The highest BCUT2D eigenvalue weighted by atomic mass is 32.2. The van der Waals surface area contributed by atoms with Crippen LogP contribution >= 0.6 is 11.8 Å². The molecule has 1 aromatic carbocycles. The van der Waals surface area contributed by atoms with E-state index in [2.05, 4.69) is 59.6 Å². The number of amides is 1. The Morgan fingerprint density at radius 3 is 2.83 bits per heavy atom. The molecule has 0 saturated carbocycles. The van der Waals surface area contributed by atoms with Gasteiger partial charge in [-0.05, 0) is 76.7 Å². The van der Waals surface area contributed by atoms with Gasteiger partial charge in [0.05, 0.1) is 18.5 Å². The van der Waals surface area contributed by atoms with Crippen molar-refractivity contribution in [1.29, 1.82) is 5.26 Å². The van der Waals surface area contributed by atoms with Gasteiger partial charge in [0.25, 0.3) is 0 Å². The van der Waals surface area contributed by atoms with Crippen molar-refractivity contribution in [2.45, 2.75) is 74.1 Å². The number of nitrogens with zero attached hydrogens (tertiary/aromatic N) is 6. The first-order valence-corrected chi connectivity index (χ1v) is 15.8. The second-order valence-electron chi connectivity index (χ2n) is 11.5. The van der Waals surface area contributed by atoms with E-state index >= 15 is 0 Å². The lowest BCUT2D eigenvalue weighted by atomic mass is 10.00. The van der Waals surface area contributed by atoms with Gasteiger partial charge in [0, 0.05) is 41.4 Å². The van der Waals surface area contributed by atoms with E-state index in [0.29, 0.717) is 55.5 Å². The molecule has 0 spiro atoms. The minimum Gasteiger partial charge on any atom is -0.462 e. The van der Waals surface area contributed by atoms with Gasteiger partial charge >= 0.3 is 6.01 Å². The monoisotopic (exact) mass is 588 g/mol. The van der Waals surface area contributed by atoms with Crippen LogP contribution in [0.25, 0.3) is 0 Å². The lowest BCUT2D eigenvalue weighted by Crippen LogP contribution is -2.55. The zero-order valence-electron chi connectivity index (χ0n) is 24.6. The molecule has 5 rings (SSSR count). The molecular formula is C32H40N6O3S. The molecule has 10 heteroatoms. The average molecular weight is 589 g/mol. The molecule has 2 unspecified atom stereocenters. The number of piperazine rings is 1. The molecule has 42 heavy (non-hydrogen) atoms. The molecule has 0 N–H and O–H groups in total. The summed E-state index contributed by atoms with van der Waals surface area (Å²) in [5.41, 5.74) is 3.84. The number of aromatic nitrogens is 2. The molecule has 2 saturated heterocycles. The van der Waals surface area contributed by atoms with Crippen molar-refractivity contribution < 1.29 is 14.3 Å². The van der Waals surface area contributed by atoms with Gasteiger partial charge in [0.1, 0.15) is 18.1 Å². The quantitative estimate of drug-likeness (QED) is 0.298. The van der Waals surface area contributed by atoms with E-state index in [1.807, 2.05) is 11.8 Å². The third kappa shape index (κ3) is 6.79. The molecule has 4 heterocycles. The Bertz CT molecular complexity index is 1360. The van der Waals surface area contributed by atoms with Crippen molar-refractivity contribution in [2.24, 2.45) is 0 Å². The zero-order chi connectivity index (χ0) is 29.6. The van der Waals surface area contributed by atoms with Gasteiger partial charge in [0.2, 0.25) is 5.91 Å². The number of hydrogen-bond donors (Lipinski definition) is 0. The number of aryl methyl sites for hydroxylation is 2. The maximum atomic E-state index is 12.5. The number of anilines is 1. The Morgan fingerprint density at radius 2 is 2.10 bits per heavy atom. The number of ether oxygens (including phenoxy) is 1. The molecule has 3 aliphatic rings. The van der Waals surface area contributed by atoms with E-state index in [1.165, 1.54) is 22.1 Å². The third-order valence-corrected chi connectivity index (χ3v) is 10.2. The summed E-state index contributed by atoms with van der Waals surface area (Å²) in [5, 5.41) is 9.93. The van der Waals surface area contributed by atoms with Crippen LogP contribution < -0.4 is 9.64 Å². The topological polar surface area (TPSA) is 103 Å². The predicted octanol–water partition coefficient (Wildman–Crippen LogP) is 4.23. The maximum absolute atomic E-state index is 12.5. The SMILES string of the molecule is C=CC(=O)N1CCN(c2nc(OCC3CCCN3C)nc(C=O)c2CC[C@H]2CCc3ccc(C)cc3S2)CC1CC#N. The molecule has 2 fully saturated rings. The highest BCUT2D eigenvalue weighted by Crippen LogP contribution is 2.39. The van der Waals surface area contributed by atoms with Crippen molar-refractivity contribution in [1.82, 2.24) is 19.8 Å². The largest absolute Gasteiger partial charge is 0.462 e. The zero-order valence-corrected chi connectivity index (χ0v) is 25.4. The standard InChI is InChI=1S/C32H40N6O3S/c1-4-30(40)38-17-16-37(19-24(38)13-14-33)31-27(12-11-26-10-9-23-8-7-22(2)18-29(23)42-26)28(20-39)34-32(35-31)41-21-25-6-5-15-36(25)3/h4,7-8,18,20,24-26H,1,5-6,9-13,15-17,19,21H2,2-3H3/t24?,25?,26-/m1/s1. The number of thioether (sulfide) groups is 1. The van der Waals surface area contributed by atoms with Gasteiger partial charge in [-0.25, -0.2) is 0 Å². The summed E-state index contributed by atoms with van der Waals surface area (Å²) in [6.07, 6.45) is 8.17. The number of rotatable bonds is 10. The minimum atomic E-state index is -0.304. The van der Waals surface area contributed by atoms with Crippen LogP contribution in [0.2, 0.25) is 0 Å². The van der Waals surface area contributed by atoms with Gasteiger partial charge < -0.3 is 19.4 Å². The van der Waals surface area contributed by atoms with Crippen molar-refractivity contribution in [2.75, 3.05) is 44.7 Å². The molecule has 1 aromatic heterocycles. The second kappa shape index (κ2) is 13.7. The van der Waals surface area contributed by atoms with E-state index in [4.69, 9.17) is 9.72 Å². The molecule has 1 amide bonds. The smallest absolute Gasteiger partial charge is 0.319 e. The molecular weight excluding hydrogens is 548 g/mol. The lowest BCUT2D eigenvalue weighted by Gasteiger charge is -2.41. The molecule has 0 radical (unpaired) electrons. The Morgan fingerprint density at radius 1 is 1.24 bits per heavy atom. The molecule has 222 valence electrons. The summed E-state index contributed by atoms with van der Waals surface area (Å²) in [6.45, 7) is 8.66. The maximum Gasteiger partial charge on any atom is 0.319 e. The van der Waals surface area contributed by atoms with E-state index < -0.39 is 0 Å². The summed E-state index contributed by atoms with van der Waals surface area (Å²) in [5.74, 6) is 0.494. The number of aldehydes is 1. The van der Waals surface area contributed by atoms with Crippen LogP contribution in [-0.2, 0) is 17.6 Å². The minimum absolute atomic E-state index is 0.180. The number of hydrogen-bond acceptors (Lipinski definition) is 9. The molecule has 0 bridgehead atoms. The molecule has 9 nitrogen and oxygen atoms in total. The first-order valence-electron chi connectivity index (χ1n) is 14.9. The molecule has 0 aliphatic carbocycles. The molecule has 3 aliphatic heterocycles. The van der Waals surface area contributed by atoms with Crippen molar-refractivity contribution in [3.63, 3.8) is 0 Å². The number of benzene rings is 1. The second-order valence-corrected chi connectivity index (χ2v) is 12.9. The number of fused-ring (bicyclic) bond motifs is 1. The highest BCUT2D eigenvalue weighted by molar-refractivity contribution is 8.00. The Kier molecular flexibility index (Phi) is 9.80. The van der Waals surface area contributed by atoms with Gasteiger partial charge in [0.15, 0.2) is 6.29 Å². The summed E-state index contributed by atoms with van der Waals surface area (Å²) in [6, 6.07) is 9.10. The van der Waals surface area contributed by atoms with Crippen LogP contribution in [0.4, 0.5) is 5.82 Å². The van der Waals surface area contributed by atoms with E-state index in [1.54, 1.807) is 4.90 Å². The third-order valence-electron chi connectivity index (χ3n) is 8.72. The first kappa shape index (κ1) is 30.1. The fraction of sp³-hybridized carbons (Fsp3) is 0.531. The fourth-order valence-corrected chi connectivity index (χ4v) is 7.67. The van der Waals surface area contributed by atoms with Crippen LogP contribution in [0.1, 0.15) is 59.3 Å².